The Morgan fingerprint density at radius 1 is 1.09 bits per heavy atom. The molecule has 3 aromatic rings. The van der Waals surface area contributed by atoms with Gasteiger partial charge in [0.15, 0.2) is 11.2 Å². The second-order valence-electron chi connectivity index (χ2n) is 7.99. The van der Waals surface area contributed by atoms with Crippen molar-refractivity contribution in [1.29, 1.82) is 0 Å². The van der Waals surface area contributed by atoms with Crippen LogP contribution < -0.4 is 27.4 Å². The van der Waals surface area contributed by atoms with Gasteiger partial charge in [-0.05, 0) is 19.0 Å². The summed E-state index contributed by atoms with van der Waals surface area (Å²) in [5.41, 5.74) is 2.50. The number of carbonyl (C=O) groups is 1. The molecule has 0 atom stereocenters. The lowest BCUT2D eigenvalue weighted by molar-refractivity contribution is 0.0953. The molecule has 0 aromatic carbocycles. The first kappa shape index (κ1) is 28.6. The van der Waals surface area contributed by atoms with Crippen LogP contribution in [0.4, 0.5) is 5.82 Å². The number of piperazine rings is 1. The van der Waals surface area contributed by atoms with Crippen molar-refractivity contribution < 1.29 is 4.79 Å². The topological polar surface area (TPSA) is 136 Å². The Bertz CT molecular complexity index is 1310. The average molecular weight is 549 g/mol. The fraction of sp³-hybridized carbons (Fsp3) is 0.450. The highest BCUT2D eigenvalue weighted by atomic mass is 35.5. The summed E-state index contributed by atoms with van der Waals surface area (Å²) in [6.45, 7) is 4.67. The molecule has 1 amide bonds. The summed E-state index contributed by atoms with van der Waals surface area (Å²) in [6, 6.07) is 1.65. The maximum Gasteiger partial charge on any atom is 0.332 e. The molecule has 15 heteroatoms. The fourth-order valence-corrected chi connectivity index (χ4v) is 4.27. The summed E-state index contributed by atoms with van der Waals surface area (Å²) < 4.78 is 4.31. The Kier molecular flexibility index (Phi) is 9.69. The van der Waals surface area contributed by atoms with Crippen molar-refractivity contribution in [2.75, 3.05) is 37.6 Å². The molecule has 35 heavy (non-hydrogen) atoms. The highest BCUT2D eigenvalue weighted by Crippen LogP contribution is 2.21. The predicted molar refractivity (Wildman–Crippen MR) is 139 cm³/mol. The lowest BCUT2D eigenvalue weighted by Crippen LogP contribution is -2.47. The van der Waals surface area contributed by atoms with Crippen LogP contribution in [0.25, 0.3) is 11.2 Å². The number of hydrazine groups is 1. The van der Waals surface area contributed by atoms with E-state index in [1.54, 1.807) is 19.4 Å². The summed E-state index contributed by atoms with van der Waals surface area (Å²) in [7, 11) is 3.09. The van der Waals surface area contributed by atoms with Crippen LogP contribution in [0, 0.1) is 0 Å². The van der Waals surface area contributed by atoms with Gasteiger partial charge >= 0.3 is 5.69 Å². The molecule has 192 valence electrons. The van der Waals surface area contributed by atoms with Crippen LogP contribution >= 0.6 is 36.4 Å². The lowest BCUT2D eigenvalue weighted by atomic mass is 10.2. The van der Waals surface area contributed by atoms with E-state index in [1.165, 1.54) is 17.8 Å². The molecule has 3 N–H and O–H groups in total. The first-order valence-corrected chi connectivity index (χ1v) is 10.9. The molecule has 0 bridgehead atoms. The van der Waals surface area contributed by atoms with E-state index in [2.05, 4.69) is 25.2 Å². The number of nitrogens with two attached hydrogens (primary N) is 1. The number of fused-ring (bicyclic) bond motifs is 1. The highest BCUT2D eigenvalue weighted by molar-refractivity contribution is 6.33. The maximum absolute atomic E-state index is 12.6. The SMILES string of the molecule is Cl.Cl.Cn1c(=O)c2c(ncn2CCCN2CCN(c3cc(C(=O)NN)c(Cl)cn3)CC2)n(C)c1=O. The van der Waals surface area contributed by atoms with Gasteiger partial charge in [-0.15, -0.1) is 24.8 Å². The van der Waals surface area contributed by atoms with Gasteiger partial charge in [-0.3, -0.25) is 29.0 Å². The zero-order chi connectivity index (χ0) is 23.7. The number of nitrogens with zero attached hydrogens (tertiary/aromatic N) is 7. The molecule has 1 saturated heterocycles. The first-order chi connectivity index (χ1) is 15.8. The maximum atomic E-state index is 12.6. The number of carbonyl (C=O) groups excluding carboxylic acids is 1. The number of hydrogen-bond acceptors (Lipinski definition) is 8. The molecule has 4 rings (SSSR count). The van der Waals surface area contributed by atoms with Gasteiger partial charge in [0.2, 0.25) is 0 Å². The zero-order valence-electron chi connectivity index (χ0n) is 19.3. The second kappa shape index (κ2) is 11.9. The zero-order valence-corrected chi connectivity index (χ0v) is 21.7. The van der Waals surface area contributed by atoms with Gasteiger partial charge in [0.05, 0.1) is 16.9 Å². The summed E-state index contributed by atoms with van der Waals surface area (Å²) in [6.07, 6.45) is 3.91. The van der Waals surface area contributed by atoms with Crippen molar-refractivity contribution in [3.63, 3.8) is 0 Å². The summed E-state index contributed by atoms with van der Waals surface area (Å²) >= 11 is 6.05. The number of hydrogen-bond donors (Lipinski definition) is 2. The molecule has 1 aliphatic rings. The van der Waals surface area contributed by atoms with Crippen molar-refractivity contribution in [2.45, 2.75) is 13.0 Å². The molecule has 1 aliphatic heterocycles. The van der Waals surface area contributed by atoms with E-state index in [0.717, 1.165) is 43.7 Å². The van der Waals surface area contributed by atoms with Gasteiger partial charge in [-0.1, -0.05) is 11.6 Å². The predicted octanol–water partition coefficient (Wildman–Crippen LogP) is 0.142. The number of anilines is 1. The molecular weight excluding hydrogens is 521 g/mol. The number of imidazole rings is 1. The highest BCUT2D eigenvalue weighted by Gasteiger charge is 2.20. The second-order valence-corrected chi connectivity index (χ2v) is 8.40. The third kappa shape index (κ3) is 5.62. The Morgan fingerprint density at radius 3 is 2.43 bits per heavy atom. The summed E-state index contributed by atoms with van der Waals surface area (Å²) in [4.78, 5) is 49.6. The normalized spacial score (nSPS) is 13.9. The van der Waals surface area contributed by atoms with Crippen LogP contribution in [-0.2, 0) is 20.6 Å². The molecule has 0 unspecified atom stereocenters. The number of nitrogens with one attached hydrogen (secondary N) is 1. The van der Waals surface area contributed by atoms with E-state index < -0.39 is 5.91 Å². The standard InChI is InChI=1S/C20H26ClN9O3.2ClH/c1-26-17-16(19(32)27(2)20(26)33)30(12-24-17)5-3-4-28-6-8-29(9-7-28)15-10-13(18(31)25-22)14(21)11-23-15;;/h10-12H,3-9,22H2,1-2H3,(H,25,31);2*1H. The van der Waals surface area contributed by atoms with E-state index in [4.69, 9.17) is 17.4 Å². The molecule has 3 aromatic heterocycles. The smallest absolute Gasteiger partial charge is 0.332 e. The molecule has 4 heterocycles. The van der Waals surface area contributed by atoms with Gasteiger partial charge in [0, 0.05) is 53.0 Å². The molecule has 0 saturated carbocycles. The minimum atomic E-state index is -0.454. The van der Waals surface area contributed by atoms with Crippen LogP contribution in [0.2, 0.25) is 5.02 Å². The number of rotatable bonds is 6. The van der Waals surface area contributed by atoms with Crippen LogP contribution in [-0.4, -0.2) is 67.2 Å². The van der Waals surface area contributed by atoms with Crippen LogP contribution in [0.15, 0.2) is 28.2 Å². The monoisotopic (exact) mass is 547 g/mol. The van der Waals surface area contributed by atoms with Crippen molar-refractivity contribution in [1.82, 2.24) is 34.0 Å². The first-order valence-electron chi connectivity index (χ1n) is 10.6. The van der Waals surface area contributed by atoms with Crippen LogP contribution in [0.3, 0.4) is 0 Å². The molecule has 0 aliphatic carbocycles. The molecular formula is C20H28Cl3N9O3. The fourth-order valence-electron chi connectivity index (χ4n) is 4.08. The van der Waals surface area contributed by atoms with E-state index in [0.29, 0.717) is 29.1 Å². The number of aromatic nitrogens is 5. The van der Waals surface area contributed by atoms with Gasteiger partial charge in [0.1, 0.15) is 5.82 Å². The van der Waals surface area contributed by atoms with Gasteiger partial charge in [-0.2, -0.15) is 0 Å². The average Bonchev–Trinajstić information content (AvgIpc) is 3.26. The van der Waals surface area contributed by atoms with Gasteiger partial charge in [-0.25, -0.2) is 20.6 Å². The van der Waals surface area contributed by atoms with E-state index in [9.17, 15) is 14.4 Å². The number of amides is 1. The molecule has 0 spiro atoms. The quantitative estimate of drug-likeness (QED) is 0.252. The minimum Gasteiger partial charge on any atom is -0.354 e. The molecule has 12 nitrogen and oxygen atoms in total. The van der Waals surface area contributed by atoms with Crippen LogP contribution in [0.1, 0.15) is 16.8 Å². The van der Waals surface area contributed by atoms with Crippen molar-refractivity contribution in [3.05, 3.63) is 50.0 Å². The Balaban J connectivity index is 0.00000216. The number of pyridine rings is 1. The summed E-state index contributed by atoms with van der Waals surface area (Å²) in [5, 5.41) is 0.252. The van der Waals surface area contributed by atoms with E-state index >= 15 is 0 Å². The van der Waals surface area contributed by atoms with Crippen LogP contribution in [0.5, 0.6) is 0 Å². The van der Waals surface area contributed by atoms with E-state index in [-0.39, 0.29) is 41.1 Å². The summed E-state index contributed by atoms with van der Waals surface area (Å²) in [5.74, 6) is 5.45. The van der Waals surface area contributed by atoms with Crippen molar-refractivity contribution in [2.24, 2.45) is 19.9 Å². The third-order valence-corrected chi connectivity index (χ3v) is 6.30. The van der Waals surface area contributed by atoms with Gasteiger partial charge < -0.3 is 9.47 Å². The molecule has 1 fully saturated rings. The minimum absolute atomic E-state index is 0. The van der Waals surface area contributed by atoms with Crippen molar-refractivity contribution >= 4 is 59.3 Å². The molecule has 0 radical (unpaired) electrons. The largest absolute Gasteiger partial charge is 0.354 e. The number of nitrogen functional groups attached to an aromatic ring is 1. The van der Waals surface area contributed by atoms with Crippen molar-refractivity contribution in [3.8, 4) is 0 Å². The number of halogens is 3. The number of aryl methyl sites for hydroxylation is 2. The third-order valence-electron chi connectivity index (χ3n) is 6.00. The van der Waals surface area contributed by atoms with E-state index in [1.807, 2.05) is 4.57 Å². The Labute approximate surface area is 218 Å². The van der Waals surface area contributed by atoms with Gasteiger partial charge in [0.25, 0.3) is 11.5 Å². The lowest BCUT2D eigenvalue weighted by Gasteiger charge is -2.35. The Hall–Kier alpha value is -2.64. The Morgan fingerprint density at radius 2 is 1.77 bits per heavy atom.